The maximum absolute atomic E-state index is 13.2. The van der Waals surface area contributed by atoms with Crippen LogP contribution in [0.2, 0.25) is 5.02 Å². The second-order valence-corrected chi connectivity index (χ2v) is 7.57. The molecule has 1 aromatic heterocycles. The molecule has 0 aliphatic carbocycles. The summed E-state index contributed by atoms with van der Waals surface area (Å²) in [5.74, 6) is -1.15. The van der Waals surface area contributed by atoms with Gasteiger partial charge in [-0.3, -0.25) is 9.59 Å². The third kappa shape index (κ3) is 2.69. The van der Waals surface area contributed by atoms with E-state index in [9.17, 15) is 14.7 Å². The third-order valence-electron chi connectivity index (χ3n) is 4.12. The maximum atomic E-state index is 13.2. The van der Waals surface area contributed by atoms with Gasteiger partial charge < -0.3 is 9.84 Å². The number of fused-ring (bicyclic) bond motifs is 2. The number of hydrogen-bond donors (Lipinski definition) is 1. The van der Waals surface area contributed by atoms with Crippen molar-refractivity contribution < 1.29 is 19.4 Å². The van der Waals surface area contributed by atoms with Gasteiger partial charge >= 0.3 is 5.97 Å². The molecule has 6 nitrogen and oxygen atoms in total. The first-order chi connectivity index (χ1) is 12.4. The van der Waals surface area contributed by atoms with Crippen molar-refractivity contribution in [3.05, 3.63) is 47.5 Å². The zero-order chi connectivity index (χ0) is 18.5. The van der Waals surface area contributed by atoms with E-state index in [1.165, 1.54) is 23.2 Å². The Morgan fingerprint density at radius 1 is 1.35 bits per heavy atom. The zero-order valence-electron chi connectivity index (χ0n) is 13.6. The smallest absolute Gasteiger partial charge is 0.307 e. The molecule has 1 N–H and O–H groups in total. The number of carboxylic acid groups (broad SMARTS) is 1. The number of anilines is 2. The summed E-state index contributed by atoms with van der Waals surface area (Å²) in [4.78, 5) is 30.4. The summed E-state index contributed by atoms with van der Waals surface area (Å²) in [6, 6.07) is 12.3. The van der Waals surface area contributed by atoms with E-state index in [1.807, 2.05) is 6.07 Å². The summed E-state index contributed by atoms with van der Waals surface area (Å²) in [6.07, 6.45) is -0.451. The molecule has 8 heteroatoms. The van der Waals surface area contributed by atoms with Crippen molar-refractivity contribution in [3.63, 3.8) is 0 Å². The number of ether oxygens (including phenoxy) is 1. The minimum atomic E-state index is -1.52. The van der Waals surface area contributed by atoms with Gasteiger partial charge in [0.15, 0.2) is 10.7 Å². The highest BCUT2D eigenvalue weighted by Crippen LogP contribution is 2.44. The Morgan fingerprint density at radius 3 is 2.88 bits per heavy atom. The van der Waals surface area contributed by atoms with Gasteiger partial charge in [-0.15, -0.1) is 0 Å². The number of benzene rings is 2. The highest BCUT2D eigenvalue weighted by molar-refractivity contribution is 7.22. The Kier molecular flexibility index (Phi) is 3.86. The molecule has 3 aromatic rings. The van der Waals surface area contributed by atoms with Crippen LogP contribution >= 0.6 is 22.9 Å². The largest absolute Gasteiger partial charge is 0.481 e. The van der Waals surface area contributed by atoms with Gasteiger partial charge in [-0.05, 0) is 37.3 Å². The van der Waals surface area contributed by atoms with Crippen molar-refractivity contribution in [1.82, 2.24) is 4.98 Å². The molecule has 2 aromatic carbocycles. The maximum Gasteiger partial charge on any atom is 0.307 e. The van der Waals surface area contributed by atoms with Gasteiger partial charge in [0.1, 0.15) is 5.75 Å². The number of thiazole rings is 1. The lowest BCUT2D eigenvalue weighted by Gasteiger charge is -2.38. The van der Waals surface area contributed by atoms with Crippen LogP contribution in [0.1, 0.15) is 13.3 Å². The fraction of sp³-hybridized carbons (Fsp3) is 0.167. The van der Waals surface area contributed by atoms with E-state index in [4.69, 9.17) is 16.3 Å². The standard InChI is InChI=1S/C18H13ClN2O4S/c1-18(9-15(22)23)16(24)21(12-4-2-3-5-13(12)25-18)17-20-11-8-10(19)6-7-14(11)26-17/h2-8H,9H2,1H3,(H,22,23). The van der Waals surface area contributed by atoms with E-state index in [1.54, 1.807) is 36.4 Å². The van der Waals surface area contributed by atoms with Gasteiger partial charge in [0, 0.05) is 5.02 Å². The van der Waals surface area contributed by atoms with Gasteiger partial charge in [-0.25, -0.2) is 9.88 Å². The predicted molar refractivity (Wildman–Crippen MR) is 99.5 cm³/mol. The molecular weight excluding hydrogens is 376 g/mol. The van der Waals surface area contributed by atoms with Crippen molar-refractivity contribution >= 4 is 55.8 Å². The lowest BCUT2D eigenvalue weighted by atomic mass is 9.97. The average Bonchev–Trinajstić information content (AvgIpc) is 2.97. The molecule has 0 saturated heterocycles. The Bertz CT molecular complexity index is 1050. The highest BCUT2D eigenvalue weighted by atomic mass is 35.5. The van der Waals surface area contributed by atoms with E-state index in [2.05, 4.69) is 4.98 Å². The third-order valence-corrected chi connectivity index (χ3v) is 5.37. The number of halogens is 1. The molecule has 1 aliphatic heterocycles. The van der Waals surface area contributed by atoms with E-state index in [0.717, 1.165) is 4.70 Å². The molecule has 1 atom stereocenters. The SMILES string of the molecule is CC1(CC(=O)O)Oc2ccccc2N(c2nc3cc(Cl)ccc3s2)C1=O. The molecule has 26 heavy (non-hydrogen) atoms. The first-order valence-corrected chi connectivity index (χ1v) is 8.97. The molecule has 0 spiro atoms. The summed E-state index contributed by atoms with van der Waals surface area (Å²) < 4.78 is 6.65. The van der Waals surface area contributed by atoms with Crippen LogP contribution in [0.3, 0.4) is 0 Å². The summed E-state index contributed by atoms with van der Waals surface area (Å²) in [6.45, 7) is 1.48. The van der Waals surface area contributed by atoms with E-state index >= 15 is 0 Å². The van der Waals surface area contributed by atoms with Gasteiger partial charge in [0.2, 0.25) is 0 Å². The Hall–Kier alpha value is -2.64. The Morgan fingerprint density at radius 2 is 2.12 bits per heavy atom. The number of amides is 1. The number of rotatable bonds is 3. The second kappa shape index (κ2) is 5.96. The fourth-order valence-electron chi connectivity index (χ4n) is 2.93. The Labute approximate surface area is 157 Å². The van der Waals surface area contributed by atoms with Gasteiger partial charge in [0.05, 0.1) is 22.3 Å². The number of aromatic nitrogens is 1. The lowest BCUT2D eigenvalue weighted by Crippen LogP contribution is -2.53. The summed E-state index contributed by atoms with van der Waals surface area (Å²) in [5, 5.41) is 10.2. The molecule has 4 rings (SSSR count). The van der Waals surface area contributed by atoms with Crippen LogP contribution in [0.15, 0.2) is 42.5 Å². The molecule has 2 heterocycles. The van der Waals surface area contributed by atoms with Crippen LogP contribution in [0.25, 0.3) is 10.2 Å². The van der Waals surface area contributed by atoms with Crippen LogP contribution in [0, 0.1) is 0 Å². The average molecular weight is 389 g/mol. The van der Waals surface area contributed by atoms with E-state index < -0.39 is 23.9 Å². The number of carbonyl (C=O) groups excluding carboxylic acids is 1. The second-order valence-electron chi connectivity index (χ2n) is 6.12. The number of carbonyl (C=O) groups is 2. The fourth-order valence-corrected chi connectivity index (χ4v) is 4.06. The normalized spacial score (nSPS) is 19.3. The molecule has 0 radical (unpaired) electrons. The molecule has 1 amide bonds. The van der Waals surface area contributed by atoms with Crippen LogP contribution < -0.4 is 9.64 Å². The van der Waals surface area contributed by atoms with Crippen LogP contribution in [0.5, 0.6) is 5.75 Å². The van der Waals surface area contributed by atoms with Crippen molar-refractivity contribution in [3.8, 4) is 5.75 Å². The number of carboxylic acids is 1. The molecule has 0 bridgehead atoms. The van der Waals surface area contributed by atoms with Crippen molar-refractivity contribution in [2.24, 2.45) is 0 Å². The zero-order valence-corrected chi connectivity index (χ0v) is 15.2. The number of aliphatic carboxylic acids is 1. The molecular formula is C18H13ClN2O4S. The van der Waals surface area contributed by atoms with Gasteiger partial charge in [0.25, 0.3) is 5.91 Å². The topological polar surface area (TPSA) is 79.7 Å². The summed E-state index contributed by atoms with van der Waals surface area (Å²) >= 11 is 7.36. The van der Waals surface area contributed by atoms with Crippen molar-refractivity contribution in [2.45, 2.75) is 18.9 Å². The predicted octanol–water partition coefficient (Wildman–Crippen LogP) is 4.24. The monoisotopic (exact) mass is 388 g/mol. The quantitative estimate of drug-likeness (QED) is 0.725. The van der Waals surface area contributed by atoms with Crippen LogP contribution in [0.4, 0.5) is 10.8 Å². The minimum absolute atomic E-state index is 0.438. The molecule has 0 fully saturated rings. The number of nitrogens with zero attached hydrogens (tertiary/aromatic N) is 2. The summed E-state index contributed by atoms with van der Waals surface area (Å²) in [7, 11) is 0. The molecule has 1 unspecified atom stereocenters. The summed E-state index contributed by atoms with van der Waals surface area (Å²) in [5.41, 5.74) is -0.310. The molecule has 132 valence electrons. The van der Waals surface area contributed by atoms with Crippen LogP contribution in [-0.2, 0) is 9.59 Å². The Balaban J connectivity index is 1.89. The van der Waals surface area contributed by atoms with Crippen molar-refractivity contribution in [1.29, 1.82) is 0 Å². The van der Waals surface area contributed by atoms with Crippen LogP contribution in [-0.4, -0.2) is 27.6 Å². The number of para-hydroxylation sites is 2. The number of hydrogen-bond acceptors (Lipinski definition) is 5. The first-order valence-electron chi connectivity index (χ1n) is 7.78. The highest BCUT2D eigenvalue weighted by Gasteiger charge is 2.47. The van der Waals surface area contributed by atoms with Crippen molar-refractivity contribution in [2.75, 3.05) is 4.90 Å². The first kappa shape index (κ1) is 16.8. The van der Waals surface area contributed by atoms with Gasteiger partial charge in [-0.1, -0.05) is 35.1 Å². The minimum Gasteiger partial charge on any atom is -0.481 e. The lowest BCUT2D eigenvalue weighted by molar-refractivity contribution is -0.148. The molecule has 0 saturated carbocycles. The van der Waals surface area contributed by atoms with Gasteiger partial charge in [-0.2, -0.15) is 0 Å². The van der Waals surface area contributed by atoms with E-state index in [0.29, 0.717) is 27.1 Å². The van der Waals surface area contributed by atoms with E-state index in [-0.39, 0.29) is 0 Å². The molecule has 1 aliphatic rings.